The van der Waals surface area contributed by atoms with Gasteiger partial charge in [0.2, 0.25) is 17.6 Å². The van der Waals surface area contributed by atoms with Crippen molar-refractivity contribution < 1.29 is 77.3 Å². The summed E-state index contributed by atoms with van der Waals surface area (Å²) in [4.78, 5) is 50.4. The van der Waals surface area contributed by atoms with E-state index in [1.165, 1.54) is 37.5 Å². The summed E-state index contributed by atoms with van der Waals surface area (Å²) < 4.78 is 161. The highest BCUT2D eigenvalue weighted by Crippen LogP contribution is 2.64. The van der Waals surface area contributed by atoms with Crippen LogP contribution in [0.25, 0.3) is 6.08 Å². The topological polar surface area (TPSA) is 104 Å². The maximum atomic E-state index is 15.2. The maximum Gasteiger partial charge on any atom is 0.416 e. The van der Waals surface area contributed by atoms with Gasteiger partial charge in [0.25, 0.3) is 11.8 Å². The minimum absolute atomic E-state index is 0.0575. The molecule has 0 aromatic heterocycles. The number of aromatic hydroxyl groups is 1. The van der Waals surface area contributed by atoms with Crippen LogP contribution in [0.4, 0.5) is 59.7 Å². The molecule has 2 heterocycles. The smallest absolute Gasteiger partial charge is 0.416 e. The number of halogens is 13. The number of amides is 4. The lowest BCUT2D eigenvalue weighted by molar-refractivity contribution is -0.143. The number of hydrogen-bond acceptors (Lipinski definition) is 6. The lowest BCUT2D eigenvalue weighted by Gasteiger charge is -2.49. The van der Waals surface area contributed by atoms with Gasteiger partial charge in [-0.05, 0) is 54.7 Å². The lowest BCUT2D eigenvalue weighted by atomic mass is 9.57. The van der Waals surface area contributed by atoms with Crippen LogP contribution in [0, 0.1) is 52.8 Å². The monoisotopic (exact) mass is 868 g/mol. The van der Waals surface area contributed by atoms with Crippen molar-refractivity contribution in [3.05, 3.63) is 99.9 Å². The van der Waals surface area contributed by atoms with Gasteiger partial charge in [0, 0.05) is 5.92 Å². The molecule has 21 heteroatoms. The Bertz CT molecular complexity index is 2360. The molecule has 0 bridgehead atoms. The van der Waals surface area contributed by atoms with Crippen LogP contribution in [-0.2, 0) is 31.5 Å². The third-order valence-corrected chi connectivity index (χ3v) is 12.2. The predicted octanol–water partition coefficient (Wildman–Crippen LogP) is 8.45. The molecule has 3 fully saturated rings. The van der Waals surface area contributed by atoms with Gasteiger partial charge in [-0.25, -0.2) is 31.8 Å². The Kier molecular flexibility index (Phi) is 9.50. The van der Waals surface area contributed by atoms with Crippen LogP contribution >= 0.6 is 23.2 Å². The number of benzene rings is 3. The fourth-order valence-corrected chi connectivity index (χ4v) is 9.03. The first kappa shape index (κ1) is 41.0. The first-order valence-electron chi connectivity index (χ1n) is 16.6. The first-order chi connectivity index (χ1) is 26.9. The molecule has 2 aliphatic heterocycles. The Morgan fingerprint density at radius 1 is 0.776 bits per heavy atom. The molecule has 306 valence electrons. The van der Waals surface area contributed by atoms with Crippen LogP contribution in [0.1, 0.15) is 29.5 Å². The van der Waals surface area contributed by atoms with Gasteiger partial charge in [-0.2, -0.15) is 26.3 Å². The number of alkyl halides is 8. The van der Waals surface area contributed by atoms with E-state index in [2.05, 4.69) is 0 Å². The van der Waals surface area contributed by atoms with Crippen LogP contribution in [0.15, 0.2) is 54.1 Å². The number of carbonyl (C=O) groups excluding carboxylic acids is 4. The van der Waals surface area contributed by atoms with Gasteiger partial charge >= 0.3 is 12.4 Å². The van der Waals surface area contributed by atoms with Gasteiger partial charge in [-0.15, -0.1) is 23.2 Å². The fraction of sp³-hybridized carbons (Fsp3) is 0.297. The molecule has 6 atom stereocenters. The molecule has 1 saturated carbocycles. The zero-order chi connectivity index (χ0) is 42.8. The van der Waals surface area contributed by atoms with Crippen molar-refractivity contribution in [1.29, 1.82) is 0 Å². The van der Waals surface area contributed by atoms with E-state index in [0.717, 1.165) is 6.08 Å². The standard InChI is InChI=1S/C37H21Cl2F11N2O6/c1-58-22-8-13(3-7-21(22)53)2-6-20-17-4-5-18-23(31(55)51(30(18)54)16-10-14(36(45,46)47)9-15(11-16)37(48,49)50)19(17)12-34(38)32(56)52(33(57)35(20,34)39)29-27(43)25(41)24(40)26(42)28(29)44/h2-4,6-11,18-20,23,53H,5,12H2,1H3/t18-,19+,20-,23-,34+,35-/m0/s1. The molecule has 4 aliphatic rings. The molecule has 3 aromatic rings. The largest absolute Gasteiger partial charge is 0.504 e. The average Bonchev–Trinajstić information content (AvgIpc) is 3.50. The molecule has 1 N–H and O–H groups in total. The van der Waals surface area contributed by atoms with E-state index in [4.69, 9.17) is 27.9 Å². The van der Waals surface area contributed by atoms with E-state index < -0.39 is 139 Å². The second-order valence-electron chi connectivity index (χ2n) is 13.8. The zero-order valence-corrected chi connectivity index (χ0v) is 30.2. The molecule has 0 unspecified atom stereocenters. The maximum absolute atomic E-state index is 15.2. The molecule has 58 heavy (non-hydrogen) atoms. The van der Waals surface area contributed by atoms with Crippen molar-refractivity contribution >= 4 is 64.3 Å². The van der Waals surface area contributed by atoms with Crippen molar-refractivity contribution in [3.8, 4) is 11.5 Å². The Morgan fingerprint density at radius 2 is 1.34 bits per heavy atom. The Balaban J connectivity index is 1.40. The average molecular weight is 869 g/mol. The number of hydrogen-bond donors (Lipinski definition) is 1. The molecule has 7 rings (SSSR count). The number of allylic oxidation sites excluding steroid dienone is 3. The number of fused-ring (bicyclic) bond motifs is 4. The van der Waals surface area contributed by atoms with Crippen LogP contribution < -0.4 is 14.5 Å². The summed E-state index contributed by atoms with van der Waals surface area (Å²) >= 11 is 14.0. The molecule has 8 nitrogen and oxygen atoms in total. The summed E-state index contributed by atoms with van der Waals surface area (Å²) in [5, 5.41) is 10.1. The van der Waals surface area contributed by atoms with Crippen LogP contribution in [0.2, 0.25) is 0 Å². The number of rotatable bonds is 5. The molecule has 0 spiro atoms. The summed E-state index contributed by atoms with van der Waals surface area (Å²) in [6.07, 6.45) is -8.56. The quantitative estimate of drug-likeness (QED) is 0.0690. The van der Waals surface area contributed by atoms with Gasteiger partial charge < -0.3 is 9.84 Å². The first-order valence-corrected chi connectivity index (χ1v) is 17.4. The molecule has 2 saturated heterocycles. The number of phenolic OH excluding ortho intramolecular Hbond substituents is 1. The molecular formula is C37H21Cl2F11N2O6. The van der Waals surface area contributed by atoms with E-state index in [1.54, 1.807) is 0 Å². The van der Waals surface area contributed by atoms with E-state index in [1.807, 2.05) is 0 Å². The van der Waals surface area contributed by atoms with Gasteiger partial charge in [-0.3, -0.25) is 19.2 Å². The summed E-state index contributed by atoms with van der Waals surface area (Å²) in [7, 11) is 1.20. The lowest BCUT2D eigenvalue weighted by Crippen LogP contribution is -2.60. The number of carbonyl (C=O) groups is 4. The Hall–Kier alpha value is -5.17. The van der Waals surface area contributed by atoms with Crippen molar-refractivity contribution in [2.75, 3.05) is 16.9 Å². The molecule has 4 amide bonds. The summed E-state index contributed by atoms with van der Waals surface area (Å²) in [6, 6.07) is 3.86. The summed E-state index contributed by atoms with van der Waals surface area (Å²) in [6.45, 7) is 0. The van der Waals surface area contributed by atoms with Crippen molar-refractivity contribution in [1.82, 2.24) is 0 Å². The molecular weight excluding hydrogens is 848 g/mol. The Morgan fingerprint density at radius 3 is 1.90 bits per heavy atom. The van der Waals surface area contributed by atoms with Gasteiger partial charge in [0.05, 0.1) is 35.8 Å². The second kappa shape index (κ2) is 13.4. The summed E-state index contributed by atoms with van der Waals surface area (Å²) in [5.74, 6) is -26.1. The second-order valence-corrected chi connectivity index (χ2v) is 15.0. The van der Waals surface area contributed by atoms with E-state index >= 15 is 8.78 Å². The number of methoxy groups -OCH3 is 1. The highest BCUT2D eigenvalue weighted by atomic mass is 35.5. The van der Waals surface area contributed by atoms with Crippen LogP contribution in [0.5, 0.6) is 11.5 Å². The highest BCUT2D eigenvalue weighted by Gasteiger charge is 2.76. The van der Waals surface area contributed by atoms with Crippen LogP contribution in [0.3, 0.4) is 0 Å². The van der Waals surface area contributed by atoms with Crippen molar-refractivity contribution in [3.63, 3.8) is 0 Å². The Labute approximate surface area is 328 Å². The molecule has 0 radical (unpaired) electrons. The molecule has 2 aliphatic carbocycles. The number of anilines is 2. The van der Waals surface area contributed by atoms with Gasteiger partial charge in [0.15, 0.2) is 44.5 Å². The molecule has 3 aromatic carbocycles. The highest BCUT2D eigenvalue weighted by molar-refractivity contribution is 6.58. The number of imide groups is 2. The van der Waals surface area contributed by atoms with Gasteiger partial charge in [0.1, 0.15) is 5.69 Å². The van der Waals surface area contributed by atoms with Crippen LogP contribution in [-0.4, -0.2) is 45.6 Å². The predicted molar refractivity (Wildman–Crippen MR) is 180 cm³/mol. The van der Waals surface area contributed by atoms with Crippen molar-refractivity contribution in [2.24, 2.45) is 23.7 Å². The number of nitrogens with zero attached hydrogens (tertiary/aromatic N) is 2. The van der Waals surface area contributed by atoms with Gasteiger partial charge in [-0.1, -0.05) is 29.9 Å². The minimum Gasteiger partial charge on any atom is -0.504 e. The fourth-order valence-electron chi connectivity index (χ4n) is 8.14. The third-order valence-electron chi connectivity index (χ3n) is 10.8. The van der Waals surface area contributed by atoms with E-state index in [0.29, 0.717) is 0 Å². The zero-order valence-electron chi connectivity index (χ0n) is 28.7. The van der Waals surface area contributed by atoms with E-state index in [-0.39, 0.29) is 45.7 Å². The summed E-state index contributed by atoms with van der Waals surface area (Å²) in [5.41, 5.74) is -6.70. The van der Waals surface area contributed by atoms with E-state index in [9.17, 15) is 63.8 Å². The van der Waals surface area contributed by atoms with Crippen molar-refractivity contribution in [2.45, 2.75) is 34.9 Å². The number of phenols is 1. The normalized spacial score (nSPS) is 27.3. The minimum atomic E-state index is -5.38. The number of ether oxygens (including phenoxy) is 1. The SMILES string of the molecule is COc1cc(C=C[C@H]2C3=CC[C@@H]4C(=O)N(c5cc(C(F)(F)F)cc(C(F)(F)F)c5)C(=O)[C@@H]4[C@@H]3C[C@@]3(Cl)C(=O)N(c4c(F)c(F)c(F)c(F)c4F)C(=O)[C@@]23Cl)ccc1O. The third kappa shape index (κ3) is 5.78.